The third-order valence-corrected chi connectivity index (χ3v) is 5.73. The lowest BCUT2D eigenvalue weighted by Crippen LogP contribution is -2.42. The molecule has 9 heteroatoms. The van der Waals surface area contributed by atoms with E-state index in [1.807, 2.05) is 38.1 Å². The van der Waals surface area contributed by atoms with Gasteiger partial charge in [0, 0.05) is 24.4 Å². The molecule has 0 bridgehead atoms. The van der Waals surface area contributed by atoms with Crippen LogP contribution in [0.2, 0.25) is 0 Å². The van der Waals surface area contributed by atoms with E-state index in [-0.39, 0.29) is 29.5 Å². The quantitative estimate of drug-likeness (QED) is 0.279. The second-order valence-corrected chi connectivity index (χ2v) is 8.26. The van der Waals surface area contributed by atoms with Crippen molar-refractivity contribution in [3.8, 4) is 0 Å². The first-order chi connectivity index (χ1) is 16.4. The molecule has 6 N–H and O–H groups in total. The van der Waals surface area contributed by atoms with Crippen LogP contribution in [0.1, 0.15) is 29.9 Å². The molecule has 0 saturated carbocycles. The van der Waals surface area contributed by atoms with Crippen LogP contribution < -0.4 is 22.1 Å². The minimum atomic E-state index is -0.723. The fraction of sp³-hybridized carbons (Fsp3) is 0.280. The van der Waals surface area contributed by atoms with Crippen LogP contribution in [0.15, 0.2) is 48.5 Å². The maximum Gasteiger partial charge on any atom is 0.273 e. The number of benzene rings is 3. The molecule has 0 aliphatic rings. The molecule has 2 atom stereocenters. The van der Waals surface area contributed by atoms with Gasteiger partial charge in [0.1, 0.15) is 0 Å². The summed E-state index contributed by atoms with van der Waals surface area (Å²) < 4.78 is 5.39. The molecule has 0 saturated heterocycles. The average Bonchev–Trinajstić information content (AvgIpc) is 2.82. The highest BCUT2D eigenvalue weighted by Crippen LogP contribution is 2.32. The Morgan fingerprint density at radius 2 is 1.88 bits per heavy atom. The summed E-state index contributed by atoms with van der Waals surface area (Å²) in [5.74, 6) is -0.274. The van der Waals surface area contributed by atoms with Gasteiger partial charge in [0.25, 0.3) is 5.91 Å². The Balaban J connectivity index is 1.66. The van der Waals surface area contributed by atoms with E-state index in [0.717, 1.165) is 16.6 Å². The Hall–Kier alpha value is -3.82. The number of hydrogen-bond donors (Lipinski definition) is 4. The summed E-state index contributed by atoms with van der Waals surface area (Å²) >= 11 is 0. The fourth-order valence-corrected chi connectivity index (χ4v) is 3.92. The van der Waals surface area contributed by atoms with E-state index in [1.165, 1.54) is 16.2 Å². The first-order valence-corrected chi connectivity index (χ1v) is 11.2. The number of primary amides is 1. The summed E-state index contributed by atoms with van der Waals surface area (Å²) in [6, 6.07) is 16.0. The molecule has 1 amide bonds. The monoisotopic (exact) mass is 459 g/mol. The Morgan fingerprint density at radius 3 is 2.65 bits per heavy atom. The Labute approximate surface area is 197 Å². The standard InChI is InChI=1S/C25H29N7O2/c1-4-34-13-20(26)15(3)28-25-30-24(22(23(27)33)31-32-25)29-18-11-14(2)21-17(12-18)10-9-16-7-5-6-8-19(16)21/h5-12,15,20H,4,13,26H2,1-3H3,(H2,27,33)(H2,28,29,30,32)/t15-,20+/m1/s1. The summed E-state index contributed by atoms with van der Waals surface area (Å²) in [5, 5.41) is 18.9. The van der Waals surface area contributed by atoms with Crippen LogP contribution in [0.4, 0.5) is 17.5 Å². The maximum absolute atomic E-state index is 12.0. The molecule has 0 spiro atoms. The smallest absolute Gasteiger partial charge is 0.273 e. The number of nitrogens with two attached hydrogens (primary N) is 2. The maximum atomic E-state index is 12.0. The Kier molecular flexibility index (Phi) is 6.85. The van der Waals surface area contributed by atoms with Crippen LogP contribution in [0.3, 0.4) is 0 Å². The van der Waals surface area contributed by atoms with Crippen LogP contribution >= 0.6 is 0 Å². The zero-order valence-corrected chi connectivity index (χ0v) is 19.5. The number of carbonyl (C=O) groups is 1. The van der Waals surface area contributed by atoms with Gasteiger partial charge in [-0.25, -0.2) is 0 Å². The van der Waals surface area contributed by atoms with Crippen molar-refractivity contribution in [2.75, 3.05) is 23.8 Å². The third kappa shape index (κ3) is 4.90. The summed E-state index contributed by atoms with van der Waals surface area (Å²) in [4.78, 5) is 16.4. The van der Waals surface area contributed by atoms with Crippen molar-refractivity contribution in [2.45, 2.75) is 32.9 Å². The number of hydrogen-bond acceptors (Lipinski definition) is 8. The second kappa shape index (κ2) is 9.98. The molecule has 0 fully saturated rings. The van der Waals surface area contributed by atoms with Gasteiger partial charge in [-0.05, 0) is 60.0 Å². The minimum absolute atomic E-state index is 0.0481. The number of fused-ring (bicyclic) bond motifs is 3. The molecule has 4 rings (SSSR count). The van der Waals surface area contributed by atoms with Crippen molar-refractivity contribution in [1.29, 1.82) is 0 Å². The van der Waals surface area contributed by atoms with Crippen molar-refractivity contribution in [1.82, 2.24) is 15.2 Å². The summed E-state index contributed by atoms with van der Waals surface area (Å²) in [6.07, 6.45) is 0. The van der Waals surface area contributed by atoms with Gasteiger partial charge in [0.2, 0.25) is 5.95 Å². The van der Waals surface area contributed by atoms with Gasteiger partial charge >= 0.3 is 0 Å². The highest BCUT2D eigenvalue weighted by molar-refractivity contribution is 6.10. The van der Waals surface area contributed by atoms with Crippen LogP contribution in [-0.2, 0) is 4.74 Å². The SMILES string of the molecule is CCOC[C@H](N)[C@@H](C)Nc1nnc(C(N)=O)c(Nc2cc(C)c3c(ccc4ccccc43)c2)n1. The highest BCUT2D eigenvalue weighted by atomic mass is 16.5. The van der Waals surface area contributed by atoms with E-state index in [4.69, 9.17) is 16.2 Å². The largest absolute Gasteiger partial charge is 0.380 e. The first-order valence-electron chi connectivity index (χ1n) is 11.2. The Bertz CT molecular complexity index is 1340. The highest BCUT2D eigenvalue weighted by Gasteiger charge is 2.18. The molecule has 0 radical (unpaired) electrons. The molecular weight excluding hydrogens is 430 g/mol. The van der Waals surface area contributed by atoms with E-state index in [9.17, 15) is 4.79 Å². The molecule has 34 heavy (non-hydrogen) atoms. The number of ether oxygens (including phenoxy) is 1. The van der Waals surface area contributed by atoms with Crippen LogP contribution in [0, 0.1) is 6.92 Å². The number of carbonyl (C=O) groups excluding carboxylic acids is 1. The van der Waals surface area contributed by atoms with E-state index in [2.05, 4.69) is 57.0 Å². The number of nitrogens with zero attached hydrogens (tertiary/aromatic N) is 3. The molecule has 0 aliphatic carbocycles. The topological polar surface area (TPSA) is 141 Å². The molecular formula is C25H29N7O2. The van der Waals surface area contributed by atoms with Gasteiger partial charge in [-0.15, -0.1) is 10.2 Å². The van der Waals surface area contributed by atoms with Crippen molar-refractivity contribution >= 4 is 44.9 Å². The van der Waals surface area contributed by atoms with Gasteiger partial charge in [-0.2, -0.15) is 4.98 Å². The van der Waals surface area contributed by atoms with Gasteiger partial charge in [-0.1, -0.05) is 36.4 Å². The lowest BCUT2D eigenvalue weighted by Gasteiger charge is -2.21. The number of anilines is 3. The summed E-state index contributed by atoms with van der Waals surface area (Å²) in [6.45, 7) is 6.85. The van der Waals surface area contributed by atoms with Gasteiger partial charge in [0.05, 0.1) is 6.61 Å². The zero-order valence-electron chi connectivity index (χ0n) is 19.5. The Morgan fingerprint density at radius 1 is 1.12 bits per heavy atom. The number of rotatable bonds is 9. The average molecular weight is 460 g/mol. The molecule has 1 heterocycles. The zero-order chi connectivity index (χ0) is 24.2. The van der Waals surface area contributed by atoms with Crippen molar-refractivity contribution in [3.63, 3.8) is 0 Å². The van der Waals surface area contributed by atoms with Crippen molar-refractivity contribution in [2.24, 2.45) is 11.5 Å². The number of aryl methyl sites for hydroxylation is 1. The second-order valence-electron chi connectivity index (χ2n) is 8.26. The molecule has 0 unspecified atom stereocenters. The molecule has 9 nitrogen and oxygen atoms in total. The van der Waals surface area contributed by atoms with Crippen molar-refractivity contribution in [3.05, 3.63) is 59.8 Å². The van der Waals surface area contributed by atoms with E-state index >= 15 is 0 Å². The van der Waals surface area contributed by atoms with Gasteiger partial charge in [0.15, 0.2) is 11.5 Å². The number of aromatic nitrogens is 3. The first kappa shape index (κ1) is 23.3. The van der Waals surface area contributed by atoms with Gasteiger partial charge < -0.3 is 26.8 Å². The number of amides is 1. The summed E-state index contributed by atoms with van der Waals surface area (Å²) in [5.41, 5.74) is 13.5. The molecule has 4 aromatic rings. The third-order valence-electron chi connectivity index (χ3n) is 5.73. The van der Waals surface area contributed by atoms with E-state index in [0.29, 0.717) is 13.2 Å². The molecule has 0 aliphatic heterocycles. The predicted octanol–water partition coefficient (Wildman–Crippen LogP) is 3.49. The molecule has 1 aromatic heterocycles. The van der Waals surface area contributed by atoms with Gasteiger partial charge in [-0.3, -0.25) is 4.79 Å². The van der Waals surface area contributed by atoms with Crippen molar-refractivity contribution < 1.29 is 9.53 Å². The lowest BCUT2D eigenvalue weighted by molar-refractivity contribution is 0.0995. The van der Waals surface area contributed by atoms with Crippen LogP contribution in [0.25, 0.3) is 21.5 Å². The van der Waals surface area contributed by atoms with E-state index in [1.54, 1.807) is 0 Å². The summed E-state index contributed by atoms with van der Waals surface area (Å²) in [7, 11) is 0. The molecule has 3 aromatic carbocycles. The lowest BCUT2D eigenvalue weighted by atomic mass is 9.97. The van der Waals surface area contributed by atoms with Crippen LogP contribution in [-0.4, -0.2) is 46.4 Å². The molecule has 176 valence electrons. The van der Waals surface area contributed by atoms with E-state index < -0.39 is 5.91 Å². The minimum Gasteiger partial charge on any atom is -0.380 e. The number of nitrogens with one attached hydrogen (secondary N) is 2. The van der Waals surface area contributed by atoms with Crippen LogP contribution in [0.5, 0.6) is 0 Å². The normalized spacial score (nSPS) is 13.1. The predicted molar refractivity (Wildman–Crippen MR) is 135 cm³/mol. The fourth-order valence-electron chi connectivity index (χ4n) is 3.92.